The minimum atomic E-state index is 0.0499. The van der Waals surface area contributed by atoms with Crippen molar-refractivity contribution in [1.82, 2.24) is 9.88 Å². The van der Waals surface area contributed by atoms with Crippen molar-refractivity contribution >= 4 is 5.91 Å². The molecular formula is C22H25N3O2. The van der Waals surface area contributed by atoms with Gasteiger partial charge in [-0.3, -0.25) is 9.78 Å². The molecule has 1 fully saturated rings. The molecule has 1 aromatic carbocycles. The van der Waals surface area contributed by atoms with Crippen molar-refractivity contribution in [2.75, 3.05) is 19.7 Å². The van der Waals surface area contributed by atoms with Crippen LogP contribution in [0.2, 0.25) is 0 Å². The smallest absolute Gasteiger partial charge is 0.253 e. The Morgan fingerprint density at radius 1 is 1.30 bits per heavy atom. The van der Waals surface area contributed by atoms with Gasteiger partial charge in [-0.25, -0.2) is 0 Å². The van der Waals surface area contributed by atoms with Crippen LogP contribution in [0.5, 0.6) is 0 Å². The van der Waals surface area contributed by atoms with Gasteiger partial charge < -0.3 is 9.64 Å². The first kappa shape index (κ1) is 19.1. The molecule has 27 heavy (non-hydrogen) atoms. The molecule has 1 aliphatic heterocycles. The molecule has 0 saturated carbocycles. The van der Waals surface area contributed by atoms with E-state index in [2.05, 4.69) is 11.1 Å². The number of rotatable bonds is 4. The average Bonchev–Trinajstić information content (AvgIpc) is 2.68. The number of likely N-dealkylation sites (tertiary alicyclic amines) is 1. The van der Waals surface area contributed by atoms with Crippen LogP contribution >= 0.6 is 0 Å². The maximum Gasteiger partial charge on any atom is 0.253 e. The van der Waals surface area contributed by atoms with Crippen LogP contribution in [-0.4, -0.2) is 41.6 Å². The standard InChI is InChI=1S/C22H25N3O2/c1-4-27-19-8-10-25(11-9-19)22(26)18-7-5-6-17(13-18)21-12-15(2)20(14-23)16(3)24-21/h5-7,12-13,19H,4,8-11H2,1-3H3. The number of aryl methyl sites for hydroxylation is 2. The number of ether oxygens (including phenoxy) is 1. The van der Waals surface area contributed by atoms with Crippen molar-refractivity contribution < 1.29 is 9.53 Å². The number of nitriles is 1. The molecule has 0 N–H and O–H groups in total. The van der Waals surface area contributed by atoms with Crippen LogP contribution in [-0.2, 0) is 4.74 Å². The molecule has 2 aromatic rings. The summed E-state index contributed by atoms with van der Waals surface area (Å²) in [6.45, 7) is 7.92. The van der Waals surface area contributed by atoms with Gasteiger partial charge in [0, 0.05) is 30.8 Å². The summed E-state index contributed by atoms with van der Waals surface area (Å²) in [5.41, 5.74) is 4.57. The third-order valence-corrected chi connectivity index (χ3v) is 5.05. The molecule has 5 heteroatoms. The number of pyridine rings is 1. The topological polar surface area (TPSA) is 66.2 Å². The molecule has 0 atom stereocenters. The quantitative estimate of drug-likeness (QED) is 0.827. The van der Waals surface area contributed by atoms with E-state index < -0.39 is 0 Å². The predicted molar refractivity (Wildman–Crippen MR) is 104 cm³/mol. The lowest BCUT2D eigenvalue weighted by Crippen LogP contribution is -2.40. The van der Waals surface area contributed by atoms with Crippen LogP contribution in [0.15, 0.2) is 30.3 Å². The number of amides is 1. The Bertz CT molecular complexity index is 854. The van der Waals surface area contributed by atoms with Crippen LogP contribution < -0.4 is 0 Å². The Kier molecular flexibility index (Phi) is 5.88. The number of aromatic nitrogens is 1. The molecule has 0 aliphatic carbocycles. The molecule has 1 aromatic heterocycles. The highest BCUT2D eigenvalue weighted by Gasteiger charge is 2.24. The van der Waals surface area contributed by atoms with E-state index in [1.54, 1.807) is 0 Å². The number of carbonyl (C=O) groups is 1. The van der Waals surface area contributed by atoms with Crippen LogP contribution in [0.4, 0.5) is 0 Å². The minimum Gasteiger partial charge on any atom is -0.378 e. The van der Waals surface area contributed by atoms with Crippen molar-refractivity contribution in [2.24, 2.45) is 0 Å². The fourth-order valence-electron chi connectivity index (χ4n) is 3.60. The monoisotopic (exact) mass is 363 g/mol. The van der Waals surface area contributed by atoms with Crippen LogP contribution in [0.1, 0.15) is 46.9 Å². The summed E-state index contributed by atoms with van der Waals surface area (Å²) in [5, 5.41) is 9.23. The highest BCUT2D eigenvalue weighted by atomic mass is 16.5. The Labute approximate surface area is 160 Å². The van der Waals surface area contributed by atoms with E-state index in [4.69, 9.17) is 4.74 Å². The average molecular weight is 363 g/mol. The number of benzene rings is 1. The fourth-order valence-corrected chi connectivity index (χ4v) is 3.60. The molecule has 1 aliphatic rings. The first-order valence-electron chi connectivity index (χ1n) is 9.43. The SMILES string of the molecule is CCOC1CCN(C(=O)c2cccc(-c3cc(C)c(C#N)c(C)n3)c2)CC1. The van der Waals surface area contributed by atoms with Crippen molar-refractivity contribution in [2.45, 2.75) is 39.7 Å². The minimum absolute atomic E-state index is 0.0499. The predicted octanol–water partition coefficient (Wildman–Crippen LogP) is 3.88. The summed E-state index contributed by atoms with van der Waals surface area (Å²) >= 11 is 0. The van der Waals surface area contributed by atoms with Crippen LogP contribution in [0.3, 0.4) is 0 Å². The Hall–Kier alpha value is -2.71. The third-order valence-electron chi connectivity index (χ3n) is 5.05. The van der Waals surface area contributed by atoms with Crippen LogP contribution in [0, 0.1) is 25.2 Å². The second-order valence-electron chi connectivity index (χ2n) is 6.92. The van der Waals surface area contributed by atoms with Gasteiger partial charge in [0.25, 0.3) is 5.91 Å². The van der Waals surface area contributed by atoms with E-state index in [-0.39, 0.29) is 12.0 Å². The number of nitrogens with zero attached hydrogens (tertiary/aromatic N) is 3. The number of hydrogen-bond donors (Lipinski definition) is 0. The van der Waals surface area contributed by atoms with Gasteiger partial charge in [0.05, 0.1) is 23.1 Å². The molecule has 0 radical (unpaired) electrons. The van der Waals surface area contributed by atoms with Gasteiger partial charge in [0.2, 0.25) is 0 Å². The largest absolute Gasteiger partial charge is 0.378 e. The molecule has 0 spiro atoms. The summed E-state index contributed by atoms with van der Waals surface area (Å²) in [4.78, 5) is 19.4. The zero-order valence-electron chi connectivity index (χ0n) is 16.2. The Morgan fingerprint density at radius 3 is 2.67 bits per heavy atom. The second-order valence-corrected chi connectivity index (χ2v) is 6.92. The highest BCUT2D eigenvalue weighted by molar-refractivity contribution is 5.95. The molecule has 5 nitrogen and oxygen atoms in total. The second kappa shape index (κ2) is 8.32. The third kappa shape index (κ3) is 4.17. The van der Waals surface area contributed by atoms with Gasteiger partial charge in [0.1, 0.15) is 6.07 Å². The van der Waals surface area contributed by atoms with Gasteiger partial charge in [0.15, 0.2) is 0 Å². The molecule has 1 amide bonds. The fraction of sp³-hybridized carbons (Fsp3) is 0.409. The van der Waals surface area contributed by atoms with Crippen molar-refractivity contribution in [3.05, 3.63) is 52.7 Å². The zero-order chi connectivity index (χ0) is 19.4. The van der Waals surface area contributed by atoms with E-state index >= 15 is 0 Å². The zero-order valence-corrected chi connectivity index (χ0v) is 16.2. The van der Waals surface area contributed by atoms with Crippen LogP contribution in [0.25, 0.3) is 11.3 Å². The molecule has 0 unspecified atom stereocenters. The summed E-state index contributed by atoms with van der Waals surface area (Å²) in [6, 6.07) is 11.7. The summed E-state index contributed by atoms with van der Waals surface area (Å²) in [5.74, 6) is 0.0499. The highest BCUT2D eigenvalue weighted by Crippen LogP contribution is 2.24. The molecular weight excluding hydrogens is 338 g/mol. The van der Waals surface area contributed by atoms with E-state index in [0.717, 1.165) is 49.4 Å². The lowest BCUT2D eigenvalue weighted by Gasteiger charge is -2.31. The van der Waals surface area contributed by atoms with E-state index in [1.165, 1.54) is 0 Å². The summed E-state index contributed by atoms with van der Waals surface area (Å²) in [6.07, 6.45) is 2.03. The van der Waals surface area contributed by atoms with Gasteiger partial charge >= 0.3 is 0 Å². The Morgan fingerprint density at radius 2 is 2.04 bits per heavy atom. The van der Waals surface area contributed by atoms with Gasteiger partial charge in [-0.1, -0.05) is 12.1 Å². The lowest BCUT2D eigenvalue weighted by atomic mass is 10.0. The number of hydrogen-bond acceptors (Lipinski definition) is 4. The first-order valence-corrected chi connectivity index (χ1v) is 9.43. The van der Waals surface area contributed by atoms with Crippen molar-refractivity contribution in [3.8, 4) is 17.3 Å². The van der Waals surface area contributed by atoms with Gasteiger partial charge in [-0.2, -0.15) is 5.26 Å². The normalized spacial score (nSPS) is 14.8. The maximum atomic E-state index is 12.9. The van der Waals surface area contributed by atoms with Gasteiger partial charge in [-0.05, 0) is 57.4 Å². The number of piperidine rings is 1. The molecule has 140 valence electrons. The van der Waals surface area contributed by atoms with E-state index in [9.17, 15) is 10.1 Å². The van der Waals surface area contributed by atoms with Gasteiger partial charge in [-0.15, -0.1) is 0 Å². The van der Waals surface area contributed by atoms with E-state index in [0.29, 0.717) is 16.8 Å². The van der Waals surface area contributed by atoms with E-state index in [1.807, 2.05) is 56.0 Å². The molecule has 1 saturated heterocycles. The maximum absolute atomic E-state index is 12.9. The van der Waals surface area contributed by atoms with Crippen molar-refractivity contribution in [3.63, 3.8) is 0 Å². The molecule has 2 heterocycles. The summed E-state index contributed by atoms with van der Waals surface area (Å²) < 4.78 is 5.67. The first-order chi connectivity index (χ1) is 13.0. The summed E-state index contributed by atoms with van der Waals surface area (Å²) in [7, 11) is 0. The number of carbonyl (C=O) groups excluding carboxylic acids is 1. The lowest BCUT2D eigenvalue weighted by molar-refractivity contribution is 0.0146. The van der Waals surface area contributed by atoms with Crippen molar-refractivity contribution in [1.29, 1.82) is 5.26 Å². The Balaban J connectivity index is 1.80. The molecule has 0 bridgehead atoms. The molecule has 3 rings (SSSR count).